The molecule has 3 rings (SSSR count). The number of aromatic nitrogens is 1. The number of hydrogen-bond acceptors (Lipinski definition) is 1. The zero-order valence-electron chi connectivity index (χ0n) is 9.18. The van der Waals surface area contributed by atoms with Crippen LogP contribution in [0, 0.1) is 0 Å². The van der Waals surface area contributed by atoms with E-state index in [2.05, 4.69) is 63.9 Å². The molecule has 1 radical (unpaired) electrons. The molecule has 0 bridgehead atoms. The average Bonchev–Trinajstić information content (AvgIpc) is 2.71. The molecule has 0 amide bonds. The molecule has 0 saturated heterocycles. The lowest BCUT2D eigenvalue weighted by atomic mass is 10.2. The molecule has 0 spiro atoms. The lowest BCUT2D eigenvalue weighted by Crippen LogP contribution is -2.14. The first-order valence-corrected chi connectivity index (χ1v) is 5.88. The van der Waals surface area contributed by atoms with E-state index in [4.69, 9.17) is 12.2 Å². The van der Waals surface area contributed by atoms with Crippen LogP contribution >= 0.6 is 12.2 Å². The van der Waals surface area contributed by atoms with E-state index < -0.39 is 0 Å². The number of fused-ring (bicyclic) bond motifs is 3. The van der Waals surface area contributed by atoms with Crippen molar-refractivity contribution in [2.75, 3.05) is 0 Å². The van der Waals surface area contributed by atoms with Gasteiger partial charge in [-0.15, -0.1) is 0 Å². The summed E-state index contributed by atoms with van der Waals surface area (Å²) in [6.07, 6.45) is 0. The third-order valence-electron chi connectivity index (χ3n) is 2.99. The van der Waals surface area contributed by atoms with E-state index in [1.165, 1.54) is 21.8 Å². The smallest absolute Gasteiger partial charge is 0.135 e. The summed E-state index contributed by atoms with van der Waals surface area (Å²) in [5, 5.41) is 5.51. The molecule has 1 N–H and O–H groups in total. The summed E-state index contributed by atoms with van der Waals surface area (Å²) in [5.74, 6) is 0. The quantitative estimate of drug-likeness (QED) is 0.558. The minimum atomic E-state index is 0.650. The van der Waals surface area contributed by atoms with Crippen LogP contribution in [0.4, 0.5) is 0 Å². The number of nitrogens with zero attached hydrogens (tertiary/aromatic N) is 1. The van der Waals surface area contributed by atoms with Crippen molar-refractivity contribution in [2.24, 2.45) is 0 Å². The number of para-hydroxylation sites is 2. The molecule has 2 aromatic carbocycles. The van der Waals surface area contributed by atoms with Crippen LogP contribution in [0.5, 0.6) is 0 Å². The fraction of sp³-hybridized carbons (Fsp3) is 0.0714. The maximum absolute atomic E-state index is 4.70. The standard InChI is InChI=1S/C14H11N2S/c17-10-15-9-16-13-7-3-1-5-11(13)12-6-2-4-8-14(12)16/h1-8H,9H2,(H,15,17). The predicted molar refractivity (Wildman–Crippen MR) is 75.2 cm³/mol. The fourth-order valence-corrected chi connectivity index (χ4v) is 2.35. The Bertz CT molecular complexity index is 632. The van der Waals surface area contributed by atoms with Gasteiger partial charge in [0.1, 0.15) is 5.49 Å². The molecule has 3 heteroatoms. The van der Waals surface area contributed by atoms with Crippen molar-refractivity contribution in [1.29, 1.82) is 0 Å². The lowest BCUT2D eigenvalue weighted by Gasteiger charge is -2.05. The first kappa shape index (κ1) is 10.3. The average molecular weight is 239 g/mol. The van der Waals surface area contributed by atoms with Gasteiger partial charge >= 0.3 is 0 Å². The summed E-state index contributed by atoms with van der Waals surface area (Å²) in [4.78, 5) is 0. The molecule has 17 heavy (non-hydrogen) atoms. The highest BCUT2D eigenvalue weighted by atomic mass is 32.1. The van der Waals surface area contributed by atoms with Crippen molar-refractivity contribution in [3.05, 3.63) is 48.5 Å². The summed E-state index contributed by atoms with van der Waals surface area (Å²) in [5.41, 5.74) is 4.98. The van der Waals surface area contributed by atoms with Gasteiger partial charge in [-0.1, -0.05) is 48.6 Å². The highest BCUT2D eigenvalue weighted by Crippen LogP contribution is 2.27. The SMILES string of the molecule is S=[C]NCn1c2ccccc2c2ccccc21. The van der Waals surface area contributed by atoms with Crippen molar-refractivity contribution >= 4 is 39.5 Å². The van der Waals surface area contributed by atoms with Crippen molar-refractivity contribution in [3.63, 3.8) is 0 Å². The second-order valence-electron chi connectivity index (χ2n) is 3.90. The summed E-state index contributed by atoms with van der Waals surface area (Å²) < 4.78 is 2.21. The molecule has 0 unspecified atom stereocenters. The van der Waals surface area contributed by atoms with Gasteiger partial charge < -0.3 is 9.88 Å². The van der Waals surface area contributed by atoms with Crippen LogP contribution in [0.1, 0.15) is 0 Å². The first-order valence-electron chi connectivity index (χ1n) is 5.48. The molecule has 3 aromatic rings. The van der Waals surface area contributed by atoms with E-state index in [0.717, 1.165) is 0 Å². The van der Waals surface area contributed by atoms with Crippen molar-refractivity contribution in [3.8, 4) is 0 Å². The predicted octanol–water partition coefficient (Wildman–Crippen LogP) is 3.18. The second kappa shape index (κ2) is 4.18. The largest absolute Gasteiger partial charge is 0.356 e. The Morgan fingerprint density at radius 1 is 0.941 bits per heavy atom. The van der Waals surface area contributed by atoms with E-state index in [1.54, 1.807) is 0 Å². The molecule has 2 nitrogen and oxygen atoms in total. The lowest BCUT2D eigenvalue weighted by molar-refractivity contribution is 0.722. The molecule has 1 heterocycles. The van der Waals surface area contributed by atoms with Crippen LogP contribution in [0.3, 0.4) is 0 Å². The zero-order valence-corrected chi connectivity index (χ0v) is 10.00. The highest BCUT2D eigenvalue weighted by molar-refractivity contribution is 7.78. The van der Waals surface area contributed by atoms with Gasteiger partial charge in [-0.2, -0.15) is 0 Å². The summed E-state index contributed by atoms with van der Waals surface area (Å²) in [6, 6.07) is 16.8. The summed E-state index contributed by atoms with van der Waals surface area (Å²) >= 11 is 4.70. The number of benzene rings is 2. The van der Waals surface area contributed by atoms with Crippen LogP contribution in [0.2, 0.25) is 0 Å². The molecule has 0 aliphatic rings. The van der Waals surface area contributed by atoms with Gasteiger partial charge in [0.05, 0.1) is 17.7 Å². The Morgan fingerprint density at radius 3 is 2.00 bits per heavy atom. The van der Waals surface area contributed by atoms with Crippen molar-refractivity contribution in [2.45, 2.75) is 6.67 Å². The Labute approximate surface area is 105 Å². The molecule has 0 aliphatic heterocycles. The van der Waals surface area contributed by atoms with Crippen LogP contribution in [0.25, 0.3) is 21.8 Å². The van der Waals surface area contributed by atoms with Gasteiger partial charge in [0.15, 0.2) is 0 Å². The van der Waals surface area contributed by atoms with Crippen LogP contribution in [0.15, 0.2) is 48.5 Å². The van der Waals surface area contributed by atoms with E-state index in [0.29, 0.717) is 6.67 Å². The molecule has 0 aliphatic carbocycles. The third kappa shape index (κ3) is 1.59. The molecule has 1 aromatic heterocycles. The molecule has 0 atom stereocenters. The number of thiocarbonyl (C=S) groups is 1. The maximum atomic E-state index is 4.70. The zero-order chi connectivity index (χ0) is 11.7. The van der Waals surface area contributed by atoms with Gasteiger partial charge in [-0.05, 0) is 12.1 Å². The summed E-state index contributed by atoms with van der Waals surface area (Å²) in [7, 11) is 0. The van der Waals surface area contributed by atoms with Gasteiger partial charge in [-0.3, -0.25) is 0 Å². The minimum Gasteiger partial charge on any atom is -0.356 e. The van der Waals surface area contributed by atoms with Crippen LogP contribution in [-0.2, 0) is 6.67 Å². The van der Waals surface area contributed by atoms with E-state index in [9.17, 15) is 0 Å². The second-order valence-corrected chi connectivity index (χ2v) is 4.10. The molecule has 0 fully saturated rings. The van der Waals surface area contributed by atoms with Crippen molar-refractivity contribution < 1.29 is 0 Å². The van der Waals surface area contributed by atoms with Crippen LogP contribution in [-0.4, -0.2) is 10.1 Å². The molecule has 0 saturated carbocycles. The van der Waals surface area contributed by atoms with E-state index in [-0.39, 0.29) is 0 Å². The van der Waals surface area contributed by atoms with Crippen molar-refractivity contribution in [1.82, 2.24) is 9.88 Å². The first-order chi connectivity index (χ1) is 8.42. The number of nitrogens with one attached hydrogen (secondary N) is 1. The molecular formula is C14H11N2S. The Morgan fingerprint density at radius 2 is 1.47 bits per heavy atom. The fourth-order valence-electron chi connectivity index (χ4n) is 2.28. The Balaban J connectivity index is 2.37. The number of hydrogen-bond donors (Lipinski definition) is 1. The van der Waals surface area contributed by atoms with Gasteiger partial charge in [0.2, 0.25) is 0 Å². The van der Waals surface area contributed by atoms with Gasteiger partial charge in [0.25, 0.3) is 0 Å². The molecular weight excluding hydrogens is 228 g/mol. The summed E-state index contributed by atoms with van der Waals surface area (Å²) in [6.45, 7) is 0.650. The van der Waals surface area contributed by atoms with Crippen LogP contribution < -0.4 is 5.32 Å². The minimum absolute atomic E-state index is 0.650. The Kier molecular flexibility index (Phi) is 2.53. The van der Waals surface area contributed by atoms with Gasteiger partial charge in [0, 0.05) is 10.8 Å². The monoisotopic (exact) mass is 239 g/mol. The maximum Gasteiger partial charge on any atom is 0.135 e. The van der Waals surface area contributed by atoms with Gasteiger partial charge in [-0.25, -0.2) is 0 Å². The molecule has 83 valence electrons. The third-order valence-corrected chi connectivity index (χ3v) is 3.13. The topological polar surface area (TPSA) is 17.0 Å². The van der Waals surface area contributed by atoms with E-state index in [1.807, 2.05) is 0 Å². The van der Waals surface area contributed by atoms with E-state index >= 15 is 0 Å². The normalized spacial score (nSPS) is 10.8. The number of rotatable bonds is 3. The highest BCUT2D eigenvalue weighted by Gasteiger charge is 2.08. The Hall–Kier alpha value is -1.87.